The second kappa shape index (κ2) is 22.1. The molecule has 0 spiro atoms. The van der Waals surface area contributed by atoms with Crippen LogP contribution in [0.15, 0.2) is 0 Å². The highest BCUT2D eigenvalue weighted by atomic mass is 16.4. The van der Waals surface area contributed by atoms with E-state index in [1.54, 1.807) is 0 Å². The molecule has 29 heavy (non-hydrogen) atoms. The summed E-state index contributed by atoms with van der Waals surface area (Å²) in [4.78, 5) is 10.5. The Morgan fingerprint density at radius 3 is 1.14 bits per heavy atom. The Labute approximate surface area is 182 Å². The number of aliphatic hydroxyl groups is 1. The maximum absolute atomic E-state index is 10.5. The molecule has 0 fully saturated rings. The second-order valence-electron chi connectivity index (χ2n) is 9.31. The van der Waals surface area contributed by atoms with Gasteiger partial charge in [-0.3, -0.25) is 0 Å². The maximum atomic E-state index is 10.5. The van der Waals surface area contributed by atoms with Gasteiger partial charge in [-0.1, -0.05) is 142 Å². The van der Waals surface area contributed by atoms with Gasteiger partial charge < -0.3 is 10.2 Å². The maximum Gasteiger partial charge on any atom is 0.332 e. The fourth-order valence-corrected chi connectivity index (χ4v) is 3.99. The van der Waals surface area contributed by atoms with Crippen LogP contribution in [0, 0.1) is 5.92 Å². The SMILES string of the molecule is CCC(C)CCCCCCCCCCCCCCCCCCCCC(O)C(=O)O. The third-order valence-electron chi connectivity index (χ3n) is 6.41. The van der Waals surface area contributed by atoms with Gasteiger partial charge in [-0.2, -0.15) is 0 Å². The fourth-order valence-electron chi connectivity index (χ4n) is 3.99. The Kier molecular flexibility index (Phi) is 21.7. The molecule has 0 aromatic heterocycles. The van der Waals surface area contributed by atoms with E-state index in [9.17, 15) is 9.90 Å². The van der Waals surface area contributed by atoms with Gasteiger partial charge in [0, 0.05) is 0 Å². The van der Waals surface area contributed by atoms with Gasteiger partial charge in [-0.15, -0.1) is 0 Å². The van der Waals surface area contributed by atoms with E-state index >= 15 is 0 Å². The normalized spacial score (nSPS) is 13.5. The first-order chi connectivity index (χ1) is 14.1. The minimum Gasteiger partial charge on any atom is -0.479 e. The molecule has 0 aliphatic rings. The number of hydrogen-bond acceptors (Lipinski definition) is 2. The number of carboxylic acids is 1. The lowest BCUT2D eigenvalue weighted by atomic mass is 9.99. The van der Waals surface area contributed by atoms with Crippen LogP contribution < -0.4 is 0 Å². The van der Waals surface area contributed by atoms with E-state index in [1.807, 2.05) is 0 Å². The molecule has 2 atom stereocenters. The average molecular weight is 413 g/mol. The van der Waals surface area contributed by atoms with Crippen LogP contribution in [0.3, 0.4) is 0 Å². The number of aliphatic hydroxyl groups excluding tert-OH is 1. The van der Waals surface area contributed by atoms with Crippen LogP contribution in [0.25, 0.3) is 0 Å². The van der Waals surface area contributed by atoms with Crippen LogP contribution in [0.5, 0.6) is 0 Å². The highest BCUT2D eigenvalue weighted by molar-refractivity contribution is 5.71. The van der Waals surface area contributed by atoms with Gasteiger partial charge >= 0.3 is 5.97 Å². The summed E-state index contributed by atoms with van der Waals surface area (Å²) < 4.78 is 0. The predicted octanol–water partition coefficient (Wildman–Crippen LogP) is 8.28. The molecular formula is C26H52O3. The molecule has 0 heterocycles. The molecule has 174 valence electrons. The van der Waals surface area contributed by atoms with Gasteiger partial charge in [0.15, 0.2) is 6.10 Å². The van der Waals surface area contributed by atoms with Crippen LogP contribution in [0.4, 0.5) is 0 Å². The average Bonchev–Trinajstić information content (AvgIpc) is 2.71. The van der Waals surface area contributed by atoms with Crippen molar-refractivity contribution in [2.75, 3.05) is 0 Å². The molecule has 0 aliphatic carbocycles. The zero-order valence-electron chi connectivity index (χ0n) is 19.8. The van der Waals surface area contributed by atoms with E-state index in [4.69, 9.17) is 5.11 Å². The van der Waals surface area contributed by atoms with Gasteiger partial charge in [0.25, 0.3) is 0 Å². The highest BCUT2D eigenvalue weighted by Crippen LogP contribution is 2.16. The molecule has 0 radical (unpaired) electrons. The van der Waals surface area contributed by atoms with Gasteiger partial charge in [0.2, 0.25) is 0 Å². The molecule has 0 rings (SSSR count). The molecule has 0 aromatic carbocycles. The summed E-state index contributed by atoms with van der Waals surface area (Å²) in [7, 11) is 0. The molecular weight excluding hydrogens is 360 g/mol. The Balaban J connectivity index is 3.07. The van der Waals surface area contributed by atoms with Gasteiger partial charge in [-0.05, 0) is 12.3 Å². The van der Waals surface area contributed by atoms with Crippen molar-refractivity contribution >= 4 is 5.97 Å². The predicted molar refractivity (Wildman–Crippen MR) is 125 cm³/mol. The Morgan fingerprint density at radius 1 is 0.586 bits per heavy atom. The number of aliphatic carboxylic acids is 1. The number of hydrogen-bond donors (Lipinski definition) is 2. The Bertz CT molecular complexity index is 343. The minimum absolute atomic E-state index is 0.397. The first-order valence-corrected chi connectivity index (χ1v) is 13.0. The van der Waals surface area contributed by atoms with Gasteiger partial charge in [-0.25, -0.2) is 4.79 Å². The van der Waals surface area contributed by atoms with Crippen molar-refractivity contribution in [1.82, 2.24) is 0 Å². The largest absolute Gasteiger partial charge is 0.479 e. The van der Waals surface area contributed by atoms with Crippen molar-refractivity contribution in [1.29, 1.82) is 0 Å². The van der Waals surface area contributed by atoms with E-state index in [2.05, 4.69) is 13.8 Å². The fraction of sp³-hybridized carbons (Fsp3) is 0.962. The van der Waals surface area contributed by atoms with Crippen LogP contribution in [-0.2, 0) is 4.79 Å². The first-order valence-electron chi connectivity index (χ1n) is 13.0. The molecule has 0 aliphatic heterocycles. The zero-order valence-corrected chi connectivity index (χ0v) is 19.8. The summed E-state index contributed by atoms with van der Waals surface area (Å²) in [5.74, 6) is -0.166. The Morgan fingerprint density at radius 2 is 0.862 bits per heavy atom. The number of carboxylic acid groups (broad SMARTS) is 1. The number of unbranched alkanes of at least 4 members (excludes halogenated alkanes) is 17. The summed E-state index contributed by atoms with van der Waals surface area (Å²) in [5, 5.41) is 17.8. The molecule has 3 heteroatoms. The molecule has 2 N–H and O–H groups in total. The quantitative estimate of drug-likeness (QED) is 0.166. The van der Waals surface area contributed by atoms with Crippen LogP contribution in [0.1, 0.15) is 149 Å². The molecule has 0 bridgehead atoms. The van der Waals surface area contributed by atoms with E-state index in [0.29, 0.717) is 6.42 Å². The third kappa shape index (κ3) is 21.9. The van der Waals surface area contributed by atoms with Crippen molar-refractivity contribution in [2.45, 2.75) is 155 Å². The third-order valence-corrected chi connectivity index (χ3v) is 6.41. The molecule has 3 nitrogen and oxygen atoms in total. The monoisotopic (exact) mass is 412 g/mol. The minimum atomic E-state index is -1.17. The molecule has 0 amide bonds. The van der Waals surface area contributed by atoms with Crippen molar-refractivity contribution in [2.24, 2.45) is 5.92 Å². The van der Waals surface area contributed by atoms with Gasteiger partial charge in [0.05, 0.1) is 0 Å². The van der Waals surface area contributed by atoms with Crippen molar-refractivity contribution < 1.29 is 15.0 Å². The summed E-state index contributed by atoms with van der Waals surface area (Å²) >= 11 is 0. The summed E-state index contributed by atoms with van der Waals surface area (Å²) in [6.45, 7) is 4.68. The van der Waals surface area contributed by atoms with E-state index in [0.717, 1.165) is 18.8 Å². The van der Waals surface area contributed by atoms with Gasteiger partial charge in [0.1, 0.15) is 0 Å². The molecule has 0 aromatic rings. The lowest BCUT2D eigenvalue weighted by molar-refractivity contribution is -0.146. The Hall–Kier alpha value is -0.570. The second-order valence-corrected chi connectivity index (χ2v) is 9.31. The summed E-state index contributed by atoms with van der Waals surface area (Å²) in [5.41, 5.74) is 0. The van der Waals surface area contributed by atoms with Crippen LogP contribution in [0.2, 0.25) is 0 Å². The highest BCUT2D eigenvalue weighted by Gasteiger charge is 2.11. The molecule has 2 unspecified atom stereocenters. The summed E-state index contributed by atoms with van der Waals surface area (Å²) in [6.07, 6.45) is 26.0. The zero-order chi connectivity index (χ0) is 21.6. The number of rotatable bonds is 23. The summed E-state index contributed by atoms with van der Waals surface area (Å²) in [6, 6.07) is 0. The van der Waals surface area contributed by atoms with Crippen LogP contribution >= 0.6 is 0 Å². The van der Waals surface area contributed by atoms with E-state index in [1.165, 1.54) is 116 Å². The first kappa shape index (κ1) is 28.4. The lowest BCUT2D eigenvalue weighted by Gasteiger charge is -2.07. The lowest BCUT2D eigenvalue weighted by Crippen LogP contribution is -2.18. The van der Waals surface area contributed by atoms with E-state index < -0.39 is 12.1 Å². The van der Waals surface area contributed by atoms with E-state index in [-0.39, 0.29) is 0 Å². The van der Waals surface area contributed by atoms with Crippen molar-refractivity contribution in [3.8, 4) is 0 Å². The van der Waals surface area contributed by atoms with Crippen LogP contribution in [-0.4, -0.2) is 22.3 Å². The molecule has 0 saturated carbocycles. The number of carbonyl (C=O) groups is 1. The van der Waals surface area contributed by atoms with Crippen molar-refractivity contribution in [3.63, 3.8) is 0 Å². The molecule has 0 saturated heterocycles. The topological polar surface area (TPSA) is 57.5 Å². The smallest absolute Gasteiger partial charge is 0.332 e. The van der Waals surface area contributed by atoms with Crippen molar-refractivity contribution in [3.05, 3.63) is 0 Å². The standard InChI is InChI=1S/C26H52O3/c1-3-24(2)22-20-18-16-14-12-10-8-6-4-5-7-9-11-13-15-17-19-21-23-25(27)26(28)29/h24-25,27H,3-23H2,1-2H3,(H,28,29).